The van der Waals surface area contributed by atoms with Gasteiger partial charge in [-0.3, -0.25) is 4.99 Å². The molecule has 0 radical (unpaired) electrons. The average Bonchev–Trinajstić information content (AvgIpc) is 3.45. The summed E-state index contributed by atoms with van der Waals surface area (Å²) in [5, 5.41) is 18.2. The molecule has 1 unspecified atom stereocenters. The van der Waals surface area contributed by atoms with E-state index in [9.17, 15) is 5.11 Å². The second kappa shape index (κ2) is 10.2. The Balaban J connectivity index is 1.28. The Morgan fingerprint density at radius 1 is 1.13 bits per heavy atom. The topological polar surface area (TPSA) is 74.5 Å². The minimum absolute atomic E-state index is 0.384. The lowest BCUT2D eigenvalue weighted by Crippen LogP contribution is -2.39. The molecule has 0 saturated heterocycles. The summed E-state index contributed by atoms with van der Waals surface area (Å²) in [7, 11) is 1.73. The van der Waals surface area contributed by atoms with Crippen LogP contribution in [0, 0.1) is 0 Å². The van der Waals surface area contributed by atoms with E-state index in [1.807, 2.05) is 36.7 Å². The maximum absolute atomic E-state index is 10.6. The van der Waals surface area contributed by atoms with Crippen molar-refractivity contribution < 1.29 is 5.11 Å². The first-order valence-electron chi connectivity index (χ1n) is 10.4. The molecular formula is C24H27N5OS. The van der Waals surface area contributed by atoms with Crippen molar-refractivity contribution in [2.45, 2.75) is 25.6 Å². The van der Waals surface area contributed by atoms with E-state index in [1.54, 1.807) is 18.4 Å². The van der Waals surface area contributed by atoms with Gasteiger partial charge in [0, 0.05) is 42.1 Å². The number of guanidine groups is 1. The Morgan fingerprint density at radius 3 is 2.74 bits per heavy atom. The number of hydrogen-bond acceptors (Lipinski definition) is 4. The summed E-state index contributed by atoms with van der Waals surface area (Å²) in [5.41, 5.74) is 1.31. The van der Waals surface area contributed by atoms with Crippen molar-refractivity contribution in [2.75, 3.05) is 13.6 Å². The van der Waals surface area contributed by atoms with E-state index in [1.165, 1.54) is 10.3 Å². The number of rotatable bonds is 8. The number of aliphatic hydroxyl groups excluding tert-OH is 1. The molecular weight excluding hydrogens is 406 g/mol. The fraction of sp³-hybridized carbons (Fsp3) is 0.250. The zero-order chi connectivity index (χ0) is 21.5. The van der Waals surface area contributed by atoms with Crippen molar-refractivity contribution in [1.29, 1.82) is 0 Å². The van der Waals surface area contributed by atoms with Crippen LogP contribution in [-0.4, -0.2) is 34.2 Å². The van der Waals surface area contributed by atoms with E-state index in [-0.39, 0.29) is 0 Å². The minimum atomic E-state index is -0.594. The number of thiophene rings is 1. The highest BCUT2D eigenvalue weighted by Gasteiger charge is 2.12. The van der Waals surface area contributed by atoms with Crippen LogP contribution in [0.25, 0.3) is 10.1 Å². The monoisotopic (exact) mass is 433 g/mol. The normalized spacial score (nSPS) is 12.8. The number of imidazole rings is 1. The van der Waals surface area contributed by atoms with Gasteiger partial charge in [-0.15, -0.1) is 11.3 Å². The van der Waals surface area contributed by atoms with Crippen LogP contribution in [0.5, 0.6) is 0 Å². The van der Waals surface area contributed by atoms with Gasteiger partial charge in [-0.2, -0.15) is 0 Å². The van der Waals surface area contributed by atoms with Crippen molar-refractivity contribution in [1.82, 2.24) is 20.2 Å². The van der Waals surface area contributed by atoms with Crippen molar-refractivity contribution in [3.8, 4) is 0 Å². The highest BCUT2D eigenvalue weighted by Crippen LogP contribution is 2.29. The molecule has 7 heteroatoms. The van der Waals surface area contributed by atoms with Gasteiger partial charge >= 0.3 is 0 Å². The third-order valence-electron chi connectivity index (χ3n) is 5.16. The smallest absolute Gasteiger partial charge is 0.191 e. The number of aliphatic hydroxyl groups is 1. The van der Waals surface area contributed by atoms with Crippen molar-refractivity contribution in [3.63, 3.8) is 0 Å². The standard InChI is InChI=1S/C24H27N5OS/c1-25-24(27-16-20(30)22-15-19-9-5-6-10-21(19)31-22)28-17-23-26-12-14-29(23)13-11-18-7-3-2-4-8-18/h2-10,12,14-15,20,30H,11,13,16-17H2,1H3,(H2,25,27,28). The molecule has 0 fully saturated rings. The molecule has 0 amide bonds. The van der Waals surface area contributed by atoms with Crippen LogP contribution in [0.4, 0.5) is 0 Å². The summed E-state index contributed by atoms with van der Waals surface area (Å²) >= 11 is 1.62. The Bertz CT molecular complexity index is 1100. The van der Waals surface area contributed by atoms with Crippen LogP contribution >= 0.6 is 11.3 Å². The third kappa shape index (κ3) is 5.51. The van der Waals surface area contributed by atoms with E-state index in [2.05, 4.69) is 61.6 Å². The molecule has 2 heterocycles. The Hall–Kier alpha value is -3.16. The van der Waals surface area contributed by atoms with E-state index in [0.717, 1.165) is 29.1 Å². The quantitative estimate of drug-likeness (QED) is 0.292. The lowest BCUT2D eigenvalue weighted by molar-refractivity contribution is 0.184. The molecule has 0 spiro atoms. The van der Waals surface area contributed by atoms with Gasteiger partial charge in [0.25, 0.3) is 0 Å². The van der Waals surface area contributed by atoms with E-state index in [0.29, 0.717) is 19.0 Å². The minimum Gasteiger partial charge on any atom is -0.386 e. The molecule has 3 N–H and O–H groups in total. The average molecular weight is 434 g/mol. The number of aliphatic imine (C=N–C) groups is 1. The Morgan fingerprint density at radius 2 is 1.94 bits per heavy atom. The Kier molecular flexibility index (Phi) is 6.96. The van der Waals surface area contributed by atoms with Crippen LogP contribution in [0.3, 0.4) is 0 Å². The molecule has 0 bridgehead atoms. The number of hydrogen-bond donors (Lipinski definition) is 3. The van der Waals surface area contributed by atoms with Gasteiger partial charge in [-0.05, 0) is 29.5 Å². The summed E-state index contributed by atoms with van der Waals surface area (Å²) in [5.74, 6) is 1.58. The molecule has 4 rings (SSSR count). The molecule has 2 aromatic heterocycles. The van der Waals surface area contributed by atoms with Gasteiger partial charge in [0.05, 0.1) is 6.54 Å². The zero-order valence-corrected chi connectivity index (χ0v) is 18.3. The largest absolute Gasteiger partial charge is 0.386 e. The van der Waals surface area contributed by atoms with Crippen molar-refractivity contribution in [3.05, 3.63) is 89.3 Å². The number of aromatic nitrogens is 2. The van der Waals surface area contributed by atoms with Gasteiger partial charge in [0.1, 0.15) is 11.9 Å². The van der Waals surface area contributed by atoms with Crippen LogP contribution in [0.15, 0.2) is 78.0 Å². The summed E-state index contributed by atoms with van der Waals surface area (Å²) in [6.07, 6.45) is 4.19. The van der Waals surface area contributed by atoms with Crippen LogP contribution in [0.1, 0.15) is 22.4 Å². The SMILES string of the molecule is CN=C(NCc1nccn1CCc1ccccc1)NCC(O)c1cc2ccccc2s1. The first kappa shape index (κ1) is 21.1. The molecule has 1 atom stereocenters. The first-order chi connectivity index (χ1) is 15.2. The molecule has 0 aliphatic rings. The molecule has 0 aliphatic carbocycles. The predicted octanol–water partition coefficient (Wildman–Crippen LogP) is 3.74. The number of nitrogens with one attached hydrogen (secondary N) is 2. The highest BCUT2D eigenvalue weighted by atomic mass is 32.1. The first-order valence-corrected chi connectivity index (χ1v) is 11.2. The third-order valence-corrected chi connectivity index (χ3v) is 6.38. The molecule has 160 valence electrons. The maximum Gasteiger partial charge on any atom is 0.191 e. The summed E-state index contributed by atoms with van der Waals surface area (Å²) in [6.45, 7) is 1.81. The van der Waals surface area contributed by atoms with Gasteiger partial charge < -0.3 is 20.3 Å². The van der Waals surface area contributed by atoms with E-state index in [4.69, 9.17) is 0 Å². The molecule has 4 aromatic rings. The van der Waals surface area contributed by atoms with Crippen LogP contribution in [0.2, 0.25) is 0 Å². The number of nitrogens with zero attached hydrogens (tertiary/aromatic N) is 3. The van der Waals surface area contributed by atoms with Crippen LogP contribution < -0.4 is 10.6 Å². The van der Waals surface area contributed by atoms with Crippen LogP contribution in [-0.2, 0) is 19.5 Å². The fourth-order valence-corrected chi connectivity index (χ4v) is 4.50. The highest BCUT2D eigenvalue weighted by molar-refractivity contribution is 7.19. The van der Waals surface area contributed by atoms with Crippen molar-refractivity contribution >= 4 is 27.4 Å². The Labute approximate surface area is 186 Å². The molecule has 2 aromatic carbocycles. The number of benzene rings is 2. The lowest BCUT2D eigenvalue weighted by Gasteiger charge is -2.15. The van der Waals surface area contributed by atoms with Gasteiger partial charge in [-0.25, -0.2) is 4.98 Å². The maximum atomic E-state index is 10.6. The number of aryl methyl sites for hydroxylation is 2. The number of fused-ring (bicyclic) bond motifs is 1. The fourth-order valence-electron chi connectivity index (χ4n) is 3.45. The second-order valence-electron chi connectivity index (χ2n) is 7.28. The summed E-state index contributed by atoms with van der Waals surface area (Å²) in [6, 6.07) is 20.7. The summed E-state index contributed by atoms with van der Waals surface area (Å²) in [4.78, 5) is 9.69. The predicted molar refractivity (Wildman–Crippen MR) is 127 cm³/mol. The molecule has 6 nitrogen and oxygen atoms in total. The van der Waals surface area contributed by atoms with E-state index >= 15 is 0 Å². The molecule has 0 saturated carbocycles. The lowest BCUT2D eigenvalue weighted by atomic mass is 10.1. The molecule has 31 heavy (non-hydrogen) atoms. The van der Waals surface area contributed by atoms with E-state index < -0.39 is 6.10 Å². The second-order valence-corrected chi connectivity index (χ2v) is 8.40. The van der Waals surface area contributed by atoms with Crippen molar-refractivity contribution in [2.24, 2.45) is 4.99 Å². The van der Waals surface area contributed by atoms with Gasteiger partial charge in [0.2, 0.25) is 0 Å². The van der Waals surface area contributed by atoms with Gasteiger partial charge in [-0.1, -0.05) is 48.5 Å². The summed E-state index contributed by atoms with van der Waals surface area (Å²) < 4.78 is 3.33. The zero-order valence-electron chi connectivity index (χ0n) is 17.5. The van der Waals surface area contributed by atoms with Gasteiger partial charge in [0.15, 0.2) is 5.96 Å². The molecule has 0 aliphatic heterocycles.